The summed E-state index contributed by atoms with van der Waals surface area (Å²) >= 11 is 3.68. The average molecular weight is 337 g/mol. The highest BCUT2D eigenvalue weighted by molar-refractivity contribution is 9.09. The van der Waals surface area contributed by atoms with Crippen LogP contribution in [-0.4, -0.2) is 6.10 Å². The Hall–Kier alpha value is -1.35. The first-order chi connectivity index (χ1) is 9.47. The van der Waals surface area contributed by atoms with Gasteiger partial charge in [-0.2, -0.15) is 0 Å². The topological polar surface area (TPSA) is 9.23 Å². The van der Waals surface area contributed by atoms with Crippen LogP contribution in [0.1, 0.15) is 35.4 Å². The molecule has 1 unspecified atom stereocenters. The van der Waals surface area contributed by atoms with E-state index in [0.29, 0.717) is 5.56 Å². The third-order valence-corrected chi connectivity index (χ3v) is 4.05. The molecule has 2 rings (SSSR count). The van der Waals surface area contributed by atoms with Crippen molar-refractivity contribution >= 4 is 15.9 Å². The smallest absolute Gasteiger partial charge is 0.126 e. The van der Waals surface area contributed by atoms with Crippen molar-refractivity contribution in [3.8, 4) is 5.75 Å². The highest BCUT2D eigenvalue weighted by Gasteiger charge is 2.12. The molecule has 3 heteroatoms. The maximum atomic E-state index is 13.3. The predicted molar refractivity (Wildman–Crippen MR) is 84.1 cm³/mol. The minimum absolute atomic E-state index is 0.0255. The number of benzene rings is 2. The molecule has 2 aromatic carbocycles. The molecule has 1 atom stereocenters. The summed E-state index contributed by atoms with van der Waals surface area (Å²) in [6.45, 7) is 5.78. The molecule has 0 bridgehead atoms. The minimum Gasteiger partial charge on any atom is -0.491 e. The van der Waals surface area contributed by atoms with Gasteiger partial charge in [0.25, 0.3) is 0 Å². The summed E-state index contributed by atoms with van der Waals surface area (Å²) in [6, 6.07) is 13.1. The van der Waals surface area contributed by atoms with Gasteiger partial charge in [-0.05, 0) is 55.7 Å². The first-order valence-electron chi connectivity index (χ1n) is 6.64. The Balaban J connectivity index is 2.28. The van der Waals surface area contributed by atoms with Gasteiger partial charge >= 0.3 is 0 Å². The fourth-order valence-electron chi connectivity index (χ4n) is 2.04. The highest BCUT2D eigenvalue weighted by Crippen LogP contribution is 2.33. The van der Waals surface area contributed by atoms with Crippen LogP contribution >= 0.6 is 15.9 Å². The van der Waals surface area contributed by atoms with Crippen LogP contribution in [0.15, 0.2) is 42.5 Å². The quantitative estimate of drug-likeness (QED) is 0.678. The predicted octanol–water partition coefficient (Wildman–Crippen LogP) is 5.41. The summed E-state index contributed by atoms with van der Waals surface area (Å²) in [6.07, 6.45) is 0.145. The zero-order valence-electron chi connectivity index (χ0n) is 11.9. The van der Waals surface area contributed by atoms with Gasteiger partial charge in [0.05, 0.1) is 10.9 Å². The molecule has 0 saturated heterocycles. The van der Waals surface area contributed by atoms with Crippen molar-refractivity contribution in [2.24, 2.45) is 0 Å². The second kappa shape index (κ2) is 6.40. The summed E-state index contributed by atoms with van der Waals surface area (Å²) in [4.78, 5) is 0.0255. The maximum absolute atomic E-state index is 13.3. The number of hydrogen-bond donors (Lipinski definition) is 0. The van der Waals surface area contributed by atoms with Gasteiger partial charge in [0.15, 0.2) is 0 Å². The largest absolute Gasteiger partial charge is 0.491 e. The van der Waals surface area contributed by atoms with E-state index in [1.165, 1.54) is 6.07 Å². The third-order valence-electron chi connectivity index (χ3n) is 3.00. The molecule has 0 aliphatic heterocycles. The van der Waals surface area contributed by atoms with Crippen molar-refractivity contribution in [3.05, 3.63) is 65.0 Å². The average Bonchev–Trinajstić information content (AvgIpc) is 2.40. The molecule has 0 amide bonds. The Morgan fingerprint density at radius 1 is 1.05 bits per heavy atom. The lowest BCUT2D eigenvalue weighted by Crippen LogP contribution is -2.06. The summed E-state index contributed by atoms with van der Waals surface area (Å²) in [5, 5.41) is 0. The first kappa shape index (κ1) is 15.0. The molecular weight excluding hydrogens is 319 g/mol. The van der Waals surface area contributed by atoms with Crippen molar-refractivity contribution in [2.75, 3.05) is 0 Å². The standard InChI is InChI=1S/C17H18BrFO/c1-11(2)20-15-6-4-5-13(10-15)17(18)14-7-8-16(19)12(3)9-14/h4-11,17H,1-3H3. The number of ether oxygens (including phenoxy) is 1. The monoisotopic (exact) mass is 336 g/mol. The lowest BCUT2D eigenvalue weighted by molar-refractivity contribution is 0.242. The van der Waals surface area contributed by atoms with Gasteiger partial charge in [-0.15, -0.1) is 0 Å². The summed E-state index contributed by atoms with van der Waals surface area (Å²) in [7, 11) is 0. The SMILES string of the molecule is Cc1cc(C(Br)c2cccc(OC(C)C)c2)ccc1F. The van der Waals surface area contributed by atoms with Crippen molar-refractivity contribution in [3.63, 3.8) is 0 Å². The zero-order chi connectivity index (χ0) is 14.7. The van der Waals surface area contributed by atoms with E-state index in [4.69, 9.17) is 4.74 Å². The van der Waals surface area contributed by atoms with E-state index in [2.05, 4.69) is 15.9 Å². The summed E-state index contributed by atoms with van der Waals surface area (Å²) < 4.78 is 19.0. The van der Waals surface area contributed by atoms with E-state index in [9.17, 15) is 4.39 Å². The fraction of sp³-hybridized carbons (Fsp3) is 0.294. The Morgan fingerprint density at radius 3 is 2.40 bits per heavy atom. The molecule has 0 heterocycles. The van der Waals surface area contributed by atoms with E-state index < -0.39 is 0 Å². The summed E-state index contributed by atoms with van der Waals surface area (Å²) in [5.41, 5.74) is 2.78. The van der Waals surface area contributed by atoms with Gasteiger partial charge in [-0.3, -0.25) is 0 Å². The van der Waals surface area contributed by atoms with E-state index >= 15 is 0 Å². The van der Waals surface area contributed by atoms with Crippen molar-refractivity contribution in [1.82, 2.24) is 0 Å². The Kier molecular flexibility index (Phi) is 4.81. The first-order valence-corrected chi connectivity index (χ1v) is 7.55. The van der Waals surface area contributed by atoms with Crippen LogP contribution in [0.4, 0.5) is 4.39 Å². The van der Waals surface area contributed by atoms with E-state index in [0.717, 1.165) is 16.9 Å². The lowest BCUT2D eigenvalue weighted by atomic mass is 10.0. The van der Waals surface area contributed by atoms with E-state index in [1.54, 1.807) is 13.0 Å². The van der Waals surface area contributed by atoms with Crippen LogP contribution in [-0.2, 0) is 0 Å². The molecule has 106 valence electrons. The van der Waals surface area contributed by atoms with Crippen LogP contribution in [0.2, 0.25) is 0 Å². The molecule has 0 spiro atoms. The minimum atomic E-state index is -0.176. The van der Waals surface area contributed by atoms with Gasteiger partial charge in [0.1, 0.15) is 11.6 Å². The second-order valence-electron chi connectivity index (χ2n) is 5.11. The molecule has 0 radical (unpaired) electrons. The van der Waals surface area contributed by atoms with Crippen LogP contribution in [0.3, 0.4) is 0 Å². The Labute approximate surface area is 127 Å². The normalized spacial score (nSPS) is 12.5. The molecular formula is C17H18BrFO. The highest BCUT2D eigenvalue weighted by atomic mass is 79.9. The van der Waals surface area contributed by atoms with Gasteiger partial charge < -0.3 is 4.74 Å². The molecule has 0 saturated carbocycles. The van der Waals surface area contributed by atoms with E-state index in [1.807, 2.05) is 44.2 Å². The number of alkyl halides is 1. The third kappa shape index (κ3) is 3.60. The molecule has 20 heavy (non-hydrogen) atoms. The molecule has 0 fully saturated rings. The molecule has 1 nitrogen and oxygen atoms in total. The van der Waals surface area contributed by atoms with Crippen molar-refractivity contribution in [1.29, 1.82) is 0 Å². The van der Waals surface area contributed by atoms with Crippen LogP contribution in [0.25, 0.3) is 0 Å². The molecule has 0 aliphatic rings. The van der Waals surface area contributed by atoms with Crippen LogP contribution in [0, 0.1) is 12.7 Å². The second-order valence-corrected chi connectivity index (χ2v) is 6.03. The fourth-order valence-corrected chi connectivity index (χ4v) is 2.61. The lowest BCUT2D eigenvalue weighted by Gasteiger charge is -2.15. The number of hydrogen-bond acceptors (Lipinski definition) is 1. The van der Waals surface area contributed by atoms with Crippen molar-refractivity contribution < 1.29 is 9.13 Å². The van der Waals surface area contributed by atoms with Crippen LogP contribution < -0.4 is 4.74 Å². The number of aryl methyl sites for hydroxylation is 1. The van der Waals surface area contributed by atoms with Gasteiger partial charge in [-0.25, -0.2) is 4.39 Å². The Bertz CT molecular complexity index is 595. The maximum Gasteiger partial charge on any atom is 0.126 e. The molecule has 0 N–H and O–H groups in total. The number of rotatable bonds is 4. The molecule has 0 aliphatic carbocycles. The Morgan fingerprint density at radius 2 is 1.75 bits per heavy atom. The van der Waals surface area contributed by atoms with Crippen LogP contribution in [0.5, 0.6) is 5.75 Å². The van der Waals surface area contributed by atoms with E-state index in [-0.39, 0.29) is 16.7 Å². The molecule has 0 aromatic heterocycles. The molecule has 2 aromatic rings. The zero-order valence-corrected chi connectivity index (χ0v) is 13.4. The van der Waals surface area contributed by atoms with Gasteiger partial charge in [0.2, 0.25) is 0 Å². The number of halogens is 2. The van der Waals surface area contributed by atoms with Gasteiger partial charge in [-0.1, -0.05) is 40.2 Å². The summed E-state index contributed by atoms with van der Waals surface area (Å²) in [5.74, 6) is 0.672. The van der Waals surface area contributed by atoms with Gasteiger partial charge in [0, 0.05) is 0 Å². The van der Waals surface area contributed by atoms with Crippen molar-refractivity contribution in [2.45, 2.75) is 31.7 Å².